The van der Waals surface area contributed by atoms with Crippen molar-refractivity contribution >= 4 is 17.4 Å². The SMILES string of the molecule is COc1cccc([C@H]2C(C(=O)Nc3ccccc3C)=C(C)NC3=C2C(=O)CCC3)c1OC. The van der Waals surface area contributed by atoms with E-state index in [2.05, 4.69) is 10.6 Å². The average Bonchev–Trinajstić information content (AvgIpc) is 2.79. The maximum atomic E-state index is 13.6. The third-order valence-electron chi connectivity index (χ3n) is 6.16. The molecule has 4 rings (SSSR count). The van der Waals surface area contributed by atoms with Gasteiger partial charge in [-0.2, -0.15) is 0 Å². The first kappa shape index (κ1) is 21.7. The normalized spacial score (nSPS) is 18.1. The van der Waals surface area contributed by atoms with Crippen LogP contribution in [-0.4, -0.2) is 25.9 Å². The van der Waals surface area contributed by atoms with Crippen molar-refractivity contribution in [3.8, 4) is 11.5 Å². The number of anilines is 1. The second-order valence-corrected chi connectivity index (χ2v) is 8.12. The van der Waals surface area contributed by atoms with Crippen LogP contribution in [0.4, 0.5) is 5.69 Å². The number of rotatable bonds is 5. The lowest BCUT2D eigenvalue weighted by Crippen LogP contribution is -2.35. The summed E-state index contributed by atoms with van der Waals surface area (Å²) in [6.45, 7) is 3.83. The first-order valence-electron chi connectivity index (χ1n) is 10.8. The molecule has 2 aliphatic rings. The van der Waals surface area contributed by atoms with Crippen molar-refractivity contribution in [1.82, 2.24) is 5.32 Å². The van der Waals surface area contributed by atoms with Gasteiger partial charge in [-0.15, -0.1) is 0 Å². The van der Waals surface area contributed by atoms with Gasteiger partial charge in [0.15, 0.2) is 17.3 Å². The first-order valence-corrected chi connectivity index (χ1v) is 10.8. The molecule has 1 amide bonds. The lowest BCUT2D eigenvalue weighted by molar-refractivity contribution is -0.116. The molecule has 1 heterocycles. The van der Waals surface area contributed by atoms with Crippen molar-refractivity contribution in [2.24, 2.45) is 0 Å². The Morgan fingerprint density at radius 3 is 2.53 bits per heavy atom. The van der Waals surface area contributed by atoms with Crippen LogP contribution in [0.3, 0.4) is 0 Å². The second kappa shape index (κ2) is 8.91. The highest BCUT2D eigenvalue weighted by atomic mass is 16.5. The number of carbonyl (C=O) groups excluding carboxylic acids is 2. The third kappa shape index (κ3) is 3.77. The predicted molar refractivity (Wildman–Crippen MR) is 124 cm³/mol. The number of para-hydroxylation sites is 2. The molecular formula is C26H28N2O4. The number of Topliss-reactive ketones (excluding diaryl/α,β-unsaturated/α-hetero) is 1. The van der Waals surface area contributed by atoms with E-state index in [4.69, 9.17) is 9.47 Å². The molecule has 0 aromatic heterocycles. The highest BCUT2D eigenvalue weighted by Gasteiger charge is 2.40. The van der Waals surface area contributed by atoms with E-state index in [1.807, 2.05) is 56.3 Å². The Kier molecular flexibility index (Phi) is 6.04. The van der Waals surface area contributed by atoms with Gasteiger partial charge in [0.25, 0.3) is 5.91 Å². The number of methoxy groups -OCH3 is 2. The van der Waals surface area contributed by atoms with Crippen LogP contribution < -0.4 is 20.1 Å². The van der Waals surface area contributed by atoms with Gasteiger partial charge < -0.3 is 20.1 Å². The number of aryl methyl sites for hydroxylation is 1. The Hall–Kier alpha value is -3.54. The van der Waals surface area contributed by atoms with E-state index in [-0.39, 0.29) is 11.7 Å². The second-order valence-electron chi connectivity index (χ2n) is 8.12. The zero-order valence-corrected chi connectivity index (χ0v) is 18.9. The van der Waals surface area contributed by atoms with Crippen LogP contribution in [0.2, 0.25) is 0 Å². The number of amides is 1. The molecule has 32 heavy (non-hydrogen) atoms. The molecule has 166 valence electrons. The van der Waals surface area contributed by atoms with Crippen LogP contribution >= 0.6 is 0 Å². The largest absolute Gasteiger partial charge is 0.493 e. The minimum Gasteiger partial charge on any atom is -0.493 e. The van der Waals surface area contributed by atoms with Gasteiger partial charge in [-0.3, -0.25) is 9.59 Å². The molecule has 0 saturated carbocycles. The number of benzene rings is 2. The van der Waals surface area contributed by atoms with E-state index >= 15 is 0 Å². The van der Waals surface area contributed by atoms with E-state index < -0.39 is 5.92 Å². The van der Waals surface area contributed by atoms with Crippen LogP contribution in [-0.2, 0) is 9.59 Å². The summed E-state index contributed by atoms with van der Waals surface area (Å²) in [6.07, 6.45) is 2.04. The Morgan fingerprint density at radius 1 is 1.03 bits per heavy atom. The molecule has 0 spiro atoms. The number of hydrogen-bond acceptors (Lipinski definition) is 5. The molecule has 2 aromatic carbocycles. The van der Waals surface area contributed by atoms with Gasteiger partial charge >= 0.3 is 0 Å². The predicted octanol–water partition coefficient (Wildman–Crippen LogP) is 4.62. The average molecular weight is 433 g/mol. The summed E-state index contributed by atoms with van der Waals surface area (Å²) in [5, 5.41) is 6.40. The van der Waals surface area contributed by atoms with Crippen molar-refractivity contribution < 1.29 is 19.1 Å². The van der Waals surface area contributed by atoms with Crippen LogP contribution in [0.1, 0.15) is 43.2 Å². The Bertz CT molecular complexity index is 1150. The summed E-state index contributed by atoms with van der Waals surface area (Å²) in [5.74, 6) is 0.353. The van der Waals surface area contributed by atoms with Gasteiger partial charge in [0, 0.05) is 40.2 Å². The maximum Gasteiger partial charge on any atom is 0.254 e. The fourth-order valence-electron chi connectivity index (χ4n) is 4.64. The minimum atomic E-state index is -0.548. The molecule has 2 N–H and O–H groups in total. The summed E-state index contributed by atoms with van der Waals surface area (Å²) < 4.78 is 11.2. The lowest BCUT2D eigenvalue weighted by atomic mass is 9.74. The van der Waals surface area contributed by atoms with Gasteiger partial charge in [0.1, 0.15) is 0 Å². The summed E-state index contributed by atoms with van der Waals surface area (Å²) in [4.78, 5) is 26.8. The monoisotopic (exact) mass is 432 g/mol. The standard InChI is InChI=1S/C26H28N2O4/c1-15-9-5-6-11-18(15)28-26(30)22-16(2)27-19-12-8-13-20(29)24(19)23(22)17-10-7-14-21(31-3)25(17)32-4/h5-7,9-11,14,23,27H,8,12-13H2,1-4H3,(H,28,30)/t23-/m0/s1. The highest BCUT2D eigenvalue weighted by molar-refractivity contribution is 6.10. The van der Waals surface area contributed by atoms with Gasteiger partial charge in [-0.1, -0.05) is 30.3 Å². The smallest absolute Gasteiger partial charge is 0.254 e. The number of nitrogens with one attached hydrogen (secondary N) is 2. The maximum absolute atomic E-state index is 13.6. The van der Waals surface area contributed by atoms with Gasteiger partial charge in [0.05, 0.1) is 20.1 Å². The summed E-state index contributed by atoms with van der Waals surface area (Å²) in [7, 11) is 3.15. The van der Waals surface area contributed by atoms with E-state index in [0.717, 1.165) is 41.1 Å². The number of dihydropyridines is 1. The summed E-state index contributed by atoms with van der Waals surface area (Å²) in [5.41, 5.74) is 5.22. The zero-order chi connectivity index (χ0) is 22.8. The summed E-state index contributed by atoms with van der Waals surface area (Å²) >= 11 is 0. The third-order valence-corrected chi connectivity index (χ3v) is 6.16. The molecule has 1 aliphatic carbocycles. The number of carbonyl (C=O) groups is 2. The number of allylic oxidation sites excluding steroid dienone is 3. The Labute approximate surface area is 188 Å². The van der Waals surface area contributed by atoms with Crippen LogP contribution in [0.5, 0.6) is 11.5 Å². The molecule has 6 nitrogen and oxygen atoms in total. The molecule has 0 fully saturated rings. The van der Waals surface area contributed by atoms with Crippen molar-refractivity contribution in [3.63, 3.8) is 0 Å². The van der Waals surface area contributed by atoms with E-state index in [1.165, 1.54) is 0 Å². The highest BCUT2D eigenvalue weighted by Crippen LogP contribution is 2.47. The molecule has 0 saturated heterocycles. The number of ether oxygens (including phenoxy) is 2. The lowest BCUT2D eigenvalue weighted by Gasteiger charge is -2.35. The first-order chi connectivity index (χ1) is 15.5. The van der Waals surface area contributed by atoms with E-state index in [1.54, 1.807) is 14.2 Å². The Morgan fingerprint density at radius 2 is 1.81 bits per heavy atom. The molecule has 6 heteroatoms. The van der Waals surface area contributed by atoms with E-state index in [9.17, 15) is 9.59 Å². The summed E-state index contributed by atoms with van der Waals surface area (Å²) in [6, 6.07) is 13.2. The fourth-order valence-corrected chi connectivity index (χ4v) is 4.64. The molecular weight excluding hydrogens is 404 g/mol. The fraction of sp³-hybridized carbons (Fsp3) is 0.308. The van der Waals surface area contributed by atoms with Crippen LogP contribution in [0, 0.1) is 6.92 Å². The van der Waals surface area contributed by atoms with Crippen LogP contribution in [0.15, 0.2) is 65.0 Å². The van der Waals surface area contributed by atoms with Gasteiger partial charge in [0.2, 0.25) is 0 Å². The van der Waals surface area contributed by atoms with Crippen molar-refractivity contribution in [3.05, 3.63) is 76.1 Å². The molecule has 0 bridgehead atoms. The van der Waals surface area contributed by atoms with Gasteiger partial charge in [-0.05, 0) is 44.4 Å². The minimum absolute atomic E-state index is 0.0577. The quantitative estimate of drug-likeness (QED) is 0.721. The Balaban J connectivity index is 1.87. The zero-order valence-electron chi connectivity index (χ0n) is 18.9. The number of hydrogen-bond donors (Lipinski definition) is 2. The topological polar surface area (TPSA) is 76.7 Å². The molecule has 2 aromatic rings. The van der Waals surface area contributed by atoms with Crippen molar-refractivity contribution in [1.29, 1.82) is 0 Å². The molecule has 0 unspecified atom stereocenters. The van der Waals surface area contributed by atoms with E-state index in [0.29, 0.717) is 29.1 Å². The van der Waals surface area contributed by atoms with Crippen molar-refractivity contribution in [2.45, 2.75) is 39.0 Å². The molecule has 1 atom stereocenters. The number of ketones is 1. The van der Waals surface area contributed by atoms with Crippen LogP contribution in [0.25, 0.3) is 0 Å². The molecule has 1 aliphatic heterocycles. The van der Waals surface area contributed by atoms with Crippen molar-refractivity contribution in [2.75, 3.05) is 19.5 Å². The van der Waals surface area contributed by atoms with Gasteiger partial charge in [-0.25, -0.2) is 0 Å². The molecule has 0 radical (unpaired) electrons.